The Bertz CT molecular complexity index is 502. The van der Waals surface area contributed by atoms with Crippen LogP contribution in [0.3, 0.4) is 0 Å². The van der Waals surface area contributed by atoms with Crippen molar-refractivity contribution in [2.45, 2.75) is 13.3 Å². The van der Waals surface area contributed by atoms with E-state index in [0.717, 1.165) is 17.6 Å². The van der Waals surface area contributed by atoms with E-state index in [4.69, 9.17) is 0 Å². The average molecular weight is 245 g/mol. The van der Waals surface area contributed by atoms with Crippen LogP contribution in [0, 0.1) is 6.92 Å². The van der Waals surface area contributed by atoms with Crippen LogP contribution in [0.1, 0.15) is 17.5 Å². The van der Waals surface area contributed by atoms with E-state index in [2.05, 4.69) is 12.7 Å². The molecule has 1 aliphatic rings. The highest BCUT2D eigenvalue weighted by Gasteiger charge is 2.20. The zero-order valence-corrected chi connectivity index (χ0v) is 10.4. The minimum Gasteiger partial charge on any atom is -0.332 e. The molecule has 0 aliphatic carbocycles. The zero-order valence-electron chi connectivity index (χ0n) is 10.4. The van der Waals surface area contributed by atoms with Crippen molar-refractivity contribution in [2.24, 2.45) is 0 Å². The molecule has 1 aliphatic heterocycles. The molecular weight excluding hydrogens is 229 g/mol. The van der Waals surface area contributed by atoms with Gasteiger partial charge in [0.1, 0.15) is 0 Å². The first-order chi connectivity index (χ1) is 8.58. The maximum Gasteiger partial charge on any atom is 0.282 e. The van der Waals surface area contributed by atoms with E-state index in [1.54, 1.807) is 0 Å². The summed E-state index contributed by atoms with van der Waals surface area (Å²) in [4.78, 5) is 13.1. The molecule has 0 fully saturated rings. The lowest BCUT2D eigenvalue weighted by Crippen LogP contribution is -2.35. The number of rotatable bonds is 2. The molecule has 18 heavy (non-hydrogen) atoms. The summed E-state index contributed by atoms with van der Waals surface area (Å²) in [6.07, 6.45) is 2.86. The van der Waals surface area contributed by atoms with E-state index in [1.165, 1.54) is 10.5 Å². The highest BCUT2D eigenvalue weighted by Crippen LogP contribution is 2.22. The van der Waals surface area contributed by atoms with Crippen LogP contribution in [0.5, 0.6) is 0 Å². The molecule has 0 saturated heterocycles. The van der Waals surface area contributed by atoms with Gasteiger partial charge < -0.3 is 4.90 Å². The third-order valence-corrected chi connectivity index (χ3v) is 3.09. The fraction of sp³-hybridized carbons (Fsp3) is 0.267. The van der Waals surface area contributed by atoms with Gasteiger partial charge in [-0.15, -0.1) is 0 Å². The first-order valence-corrected chi connectivity index (χ1v) is 5.97. The second-order valence-corrected chi connectivity index (χ2v) is 4.52. The minimum atomic E-state index is -0.889. The van der Waals surface area contributed by atoms with Crippen LogP contribution in [0.15, 0.2) is 42.7 Å². The monoisotopic (exact) mass is 245 g/mol. The molecule has 0 spiro atoms. The molecule has 0 N–H and O–H groups in total. The number of aryl methyl sites for hydroxylation is 1. The third-order valence-electron chi connectivity index (χ3n) is 3.09. The lowest BCUT2D eigenvalue weighted by molar-refractivity contribution is -0.128. The number of halogens is 1. The van der Waals surface area contributed by atoms with Gasteiger partial charge >= 0.3 is 0 Å². The molecule has 0 unspecified atom stereocenters. The molecule has 0 saturated carbocycles. The first-order valence-electron chi connectivity index (χ1n) is 5.97. The molecule has 0 bridgehead atoms. The molecule has 1 amide bonds. The molecule has 3 heteroatoms. The van der Waals surface area contributed by atoms with Gasteiger partial charge in [-0.3, -0.25) is 4.79 Å². The number of nitrogens with zero attached hydrogens (tertiary/aromatic N) is 1. The SMILES string of the molecule is C=C(F)C(=O)N1CCC=C(c2ccc(C)cc2)C1. The van der Waals surface area contributed by atoms with Crippen molar-refractivity contribution in [1.82, 2.24) is 4.90 Å². The van der Waals surface area contributed by atoms with E-state index in [1.807, 2.05) is 31.2 Å². The summed E-state index contributed by atoms with van der Waals surface area (Å²) >= 11 is 0. The summed E-state index contributed by atoms with van der Waals surface area (Å²) in [5.74, 6) is -1.49. The Hall–Kier alpha value is -1.90. The molecule has 0 aromatic heterocycles. The van der Waals surface area contributed by atoms with Crippen LogP contribution in [-0.2, 0) is 4.79 Å². The van der Waals surface area contributed by atoms with Crippen LogP contribution in [-0.4, -0.2) is 23.9 Å². The molecule has 94 valence electrons. The minimum absolute atomic E-state index is 0.449. The lowest BCUT2D eigenvalue weighted by Gasteiger charge is -2.27. The highest BCUT2D eigenvalue weighted by atomic mass is 19.1. The number of hydrogen-bond donors (Lipinski definition) is 0. The molecule has 1 aromatic rings. The number of benzene rings is 1. The van der Waals surface area contributed by atoms with Crippen LogP contribution in [0.4, 0.5) is 4.39 Å². The van der Waals surface area contributed by atoms with Crippen molar-refractivity contribution in [3.63, 3.8) is 0 Å². The Morgan fingerprint density at radius 3 is 2.61 bits per heavy atom. The average Bonchev–Trinajstić information content (AvgIpc) is 2.38. The van der Waals surface area contributed by atoms with Gasteiger partial charge in [0.15, 0.2) is 5.83 Å². The second kappa shape index (κ2) is 5.17. The Kier molecular flexibility index (Phi) is 3.60. The maximum atomic E-state index is 12.9. The van der Waals surface area contributed by atoms with Crippen molar-refractivity contribution in [2.75, 3.05) is 13.1 Å². The summed E-state index contributed by atoms with van der Waals surface area (Å²) in [5.41, 5.74) is 3.35. The fourth-order valence-electron chi connectivity index (χ4n) is 2.07. The number of hydrogen-bond acceptors (Lipinski definition) is 1. The van der Waals surface area contributed by atoms with Crippen LogP contribution >= 0.6 is 0 Å². The predicted octanol–water partition coefficient (Wildman–Crippen LogP) is 3.09. The maximum absolute atomic E-state index is 12.9. The standard InChI is InChI=1S/C15H16FNO/c1-11-5-7-13(8-6-11)14-4-3-9-17(10-14)15(18)12(2)16/h4-8H,2-3,9-10H2,1H3. The summed E-state index contributed by atoms with van der Waals surface area (Å²) in [6, 6.07) is 8.12. The van der Waals surface area contributed by atoms with Crippen molar-refractivity contribution in [1.29, 1.82) is 0 Å². The van der Waals surface area contributed by atoms with Crippen LogP contribution in [0.25, 0.3) is 5.57 Å². The number of carbonyl (C=O) groups excluding carboxylic acids is 1. The largest absolute Gasteiger partial charge is 0.332 e. The Balaban J connectivity index is 2.16. The summed E-state index contributed by atoms with van der Waals surface area (Å²) < 4.78 is 12.9. The van der Waals surface area contributed by atoms with E-state index in [0.29, 0.717) is 13.1 Å². The summed E-state index contributed by atoms with van der Waals surface area (Å²) in [5, 5.41) is 0. The van der Waals surface area contributed by atoms with Crippen LogP contribution in [0.2, 0.25) is 0 Å². The molecule has 2 nitrogen and oxygen atoms in total. The Morgan fingerprint density at radius 2 is 2.00 bits per heavy atom. The van der Waals surface area contributed by atoms with Gasteiger partial charge in [-0.2, -0.15) is 0 Å². The highest BCUT2D eigenvalue weighted by molar-refractivity contribution is 5.92. The van der Waals surface area contributed by atoms with Crippen molar-refractivity contribution in [3.8, 4) is 0 Å². The Labute approximate surface area is 106 Å². The van der Waals surface area contributed by atoms with Crippen molar-refractivity contribution < 1.29 is 9.18 Å². The molecule has 0 radical (unpaired) electrons. The molecule has 2 rings (SSSR count). The molecule has 1 heterocycles. The van der Waals surface area contributed by atoms with Gasteiger partial charge in [0.25, 0.3) is 5.91 Å². The smallest absolute Gasteiger partial charge is 0.282 e. The van der Waals surface area contributed by atoms with E-state index in [9.17, 15) is 9.18 Å². The van der Waals surface area contributed by atoms with E-state index >= 15 is 0 Å². The molecular formula is C15H16FNO. The van der Waals surface area contributed by atoms with E-state index in [-0.39, 0.29) is 0 Å². The number of amides is 1. The summed E-state index contributed by atoms with van der Waals surface area (Å²) in [6.45, 7) is 6.09. The molecule has 1 aromatic carbocycles. The first kappa shape index (κ1) is 12.6. The fourth-order valence-corrected chi connectivity index (χ4v) is 2.07. The number of carbonyl (C=O) groups is 1. The second-order valence-electron chi connectivity index (χ2n) is 4.52. The van der Waals surface area contributed by atoms with Crippen molar-refractivity contribution in [3.05, 3.63) is 53.9 Å². The van der Waals surface area contributed by atoms with Crippen molar-refractivity contribution >= 4 is 11.5 Å². The summed E-state index contributed by atoms with van der Waals surface area (Å²) in [7, 11) is 0. The molecule has 0 atom stereocenters. The third kappa shape index (κ3) is 2.67. The van der Waals surface area contributed by atoms with Crippen LogP contribution < -0.4 is 0 Å². The van der Waals surface area contributed by atoms with E-state index < -0.39 is 11.7 Å². The topological polar surface area (TPSA) is 20.3 Å². The van der Waals surface area contributed by atoms with Gasteiger partial charge in [-0.1, -0.05) is 42.5 Å². The zero-order chi connectivity index (χ0) is 13.1. The normalized spacial score (nSPS) is 15.2. The quantitative estimate of drug-likeness (QED) is 0.733. The Morgan fingerprint density at radius 1 is 1.33 bits per heavy atom. The van der Waals surface area contributed by atoms with Gasteiger partial charge in [0.05, 0.1) is 0 Å². The van der Waals surface area contributed by atoms with Gasteiger partial charge in [0, 0.05) is 13.1 Å². The van der Waals surface area contributed by atoms with Gasteiger partial charge in [-0.25, -0.2) is 4.39 Å². The lowest BCUT2D eigenvalue weighted by atomic mass is 10.00. The van der Waals surface area contributed by atoms with Gasteiger partial charge in [0.2, 0.25) is 0 Å². The van der Waals surface area contributed by atoms with Gasteiger partial charge in [-0.05, 0) is 24.5 Å². The predicted molar refractivity (Wildman–Crippen MR) is 70.6 cm³/mol.